The van der Waals surface area contributed by atoms with E-state index in [4.69, 9.17) is 11.0 Å². The lowest BCUT2D eigenvalue weighted by Gasteiger charge is -2.14. The summed E-state index contributed by atoms with van der Waals surface area (Å²) < 4.78 is 0. The molecule has 0 aromatic heterocycles. The lowest BCUT2D eigenvalue weighted by molar-refractivity contribution is -0.120. The molecule has 0 radical (unpaired) electrons. The fourth-order valence-corrected chi connectivity index (χ4v) is 1.76. The Morgan fingerprint density at radius 2 is 2.11 bits per heavy atom. The van der Waals surface area contributed by atoms with E-state index in [9.17, 15) is 4.79 Å². The average Bonchev–Trinajstić information content (AvgIpc) is 2.40. The maximum Gasteiger partial charge on any atom is 0.227 e. The standard InChI is InChI=1S/C14H19N3O/c1-2-12(4-3-9-15)14(18)17-13-7-5-11(10-16)6-8-13/h5-8,12H,2-4,9,15H2,1H3,(H,17,18). The predicted molar refractivity (Wildman–Crippen MR) is 71.9 cm³/mol. The van der Waals surface area contributed by atoms with Gasteiger partial charge in [0, 0.05) is 11.6 Å². The van der Waals surface area contributed by atoms with Gasteiger partial charge in [-0.2, -0.15) is 5.26 Å². The smallest absolute Gasteiger partial charge is 0.227 e. The lowest BCUT2D eigenvalue weighted by atomic mass is 9.99. The quantitative estimate of drug-likeness (QED) is 0.806. The molecule has 0 fully saturated rings. The van der Waals surface area contributed by atoms with Crippen LogP contribution in [0.3, 0.4) is 0 Å². The fraction of sp³-hybridized carbons (Fsp3) is 0.429. The molecule has 1 aromatic carbocycles. The van der Waals surface area contributed by atoms with Crippen molar-refractivity contribution in [1.29, 1.82) is 5.26 Å². The molecule has 0 saturated heterocycles. The van der Waals surface area contributed by atoms with Crippen molar-refractivity contribution >= 4 is 11.6 Å². The van der Waals surface area contributed by atoms with Gasteiger partial charge >= 0.3 is 0 Å². The number of nitrogens with one attached hydrogen (secondary N) is 1. The highest BCUT2D eigenvalue weighted by atomic mass is 16.1. The third kappa shape index (κ3) is 4.19. The number of nitrogens with zero attached hydrogens (tertiary/aromatic N) is 1. The van der Waals surface area contributed by atoms with Crippen LogP contribution in [0.4, 0.5) is 5.69 Å². The zero-order valence-electron chi connectivity index (χ0n) is 10.6. The van der Waals surface area contributed by atoms with Crippen LogP contribution in [-0.4, -0.2) is 12.5 Å². The Kier molecular flexibility index (Phi) is 5.89. The molecule has 0 heterocycles. The van der Waals surface area contributed by atoms with Crippen molar-refractivity contribution in [2.75, 3.05) is 11.9 Å². The minimum absolute atomic E-state index is 0.00388. The maximum atomic E-state index is 12.0. The zero-order valence-corrected chi connectivity index (χ0v) is 10.6. The van der Waals surface area contributed by atoms with Gasteiger partial charge in [-0.3, -0.25) is 4.79 Å². The monoisotopic (exact) mass is 245 g/mol. The SMILES string of the molecule is CCC(CCCN)C(=O)Nc1ccc(C#N)cc1. The molecule has 0 bridgehead atoms. The van der Waals surface area contributed by atoms with E-state index in [1.54, 1.807) is 24.3 Å². The number of amides is 1. The first-order valence-electron chi connectivity index (χ1n) is 6.22. The first-order chi connectivity index (χ1) is 8.71. The molecule has 1 unspecified atom stereocenters. The topological polar surface area (TPSA) is 78.9 Å². The molecule has 0 spiro atoms. The Balaban J connectivity index is 2.59. The highest BCUT2D eigenvalue weighted by Gasteiger charge is 2.15. The maximum absolute atomic E-state index is 12.0. The summed E-state index contributed by atoms with van der Waals surface area (Å²) in [6, 6.07) is 8.91. The second-order valence-corrected chi connectivity index (χ2v) is 4.21. The summed E-state index contributed by atoms with van der Waals surface area (Å²) in [5.41, 5.74) is 6.77. The van der Waals surface area contributed by atoms with Gasteiger partial charge in [-0.05, 0) is 50.1 Å². The highest BCUT2D eigenvalue weighted by Crippen LogP contribution is 2.15. The van der Waals surface area contributed by atoms with Crippen LogP contribution in [0, 0.1) is 17.2 Å². The second kappa shape index (κ2) is 7.46. The summed E-state index contributed by atoms with van der Waals surface area (Å²) >= 11 is 0. The van der Waals surface area contributed by atoms with Crippen LogP contribution in [0.5, 0.6) is 0 Å². The van der Waals surface area contributed by atoms with E-state index in [2.05, 4.69) is 5.32 Å². The first kappa shape index (κ1) is 14.2. The Hall–Kier alpha value is -1.86. The van der Waals surface area contributed by atoms with Crippen LogP contribution in [-0.2, 0) is 4.79 Å². The van der Waals surface area contributed by atoms with E-state index in [-0.39, 0.29) is 11.8 Å². The number of benzene rings is 1. The molecule has 1 aromatic rings. The van der Waals surface area contributed by atoms with Crippen molar-refractivity contribution in [2.45, 2.75) is 26.2 Å². The van der Waals surface area contributed by atoms with E-state index < -0.39 is 0 Å². The largest absolute Gasteiger partial charge is 0.330 e. The van der Waals surface area contributed by atoms with Crippen molar-refractivity contribution < 1.29 is 4.79 Å². The van der Waals surface area contributed by atoms with Gasteiger partial charge in [0.15, 0.2) is 0 Å². The number of nitrogens with two attached hydrogens (primary N) is 1. The summed E-state index contributed by atoms with van der Waals surface area (Å²) in [4.78, 5) is 12.0. The summed E-state index contributed by atoms with van der Waals surface area (Å²) in [6.07, 6.45) is 2.48. The molecule has 0 aliphatic rings. The Bertz CT molecular complexity index is 420. The molecular formula is C14H19N3O. The highest BCUT2D eigenvalue weighted by molar-refractivity contribution is 5.92. The molecule has 96 valence electrons. The van der Waals surface area contributed by atoms with Crippen molar-refractivity contribution in [3.05, 3.63) is 29.8 Å². The van der Waals surface area contributed by atoms with E-state index >= 15 is 0 Å². The van der Waals surface area contributed by atoms with Crippen molar-refractivity contribution in [2.24, 2.45) is 11.7 Å². The van der Waals surface area contributed by atoms with Crippen molar-refractivity contribution in [3.63, 3.8) is 0 Å². The summed E-state index contributed by atoms with van der Waals surface area (Å²) in [6.45, 7) is 2.61. The van der Waals surface area contributed by atoms with Gasteiger partial charge in [-0.15, -0.1) is 0 Å². The van der Waals surface area contributed by atoms with Gasteiger partial charge in [0.1, 0.15) is 0 Å². The number of carbonyl (C=O) groups is 1. The third-order valence-electron chi connectivity index (χ3n) is 2.90. The number of anilines is 1. The van der Waals surface area contributed by atoms with E-state index in [1.165, 1.54) is 0 Å². The van der Waals surface area contributed by atoms with Crippen LogP contribution >= 0.6 is 0 Å². The Morgan fingerprint density at radius 1 is 1.44 bits per heavy atom. The van der Waals surface area contributed by atoms with E-state index in [1.807, 2.05) is 13.0 Å². The molecule has 0 aliphatic carbocycles. The number of rotatable bonds is 6. The van der Waals surface area contributed by atoms with Gasteiger partial charge in [-0.1, -0.05) is 6.92 Å². The molecule has 18 heavy (non-hydrogen) atoms. The van der Waals surface area contributed by atoms with Crippen molar-refractivity contribution in [1.82, 2.24) is 0 Å². The first-order valence-corrected chi connectivity index (χ1v) is 6.22. The summed E-state index contributed by atoms with van der Waals surface area (Å²) in [5, 5.41) is 11.5. The predicted octanol–water partition coefficient (Wildman–Crippen LogP) is 2.26. The van der Waals surface area contributed by atoms with Crippen molar-refractivity contribution in [3.8, 4) is 6.07 Å². The molecule has 4 nitrogen and oxygen atoms in total. The van der Waals surface area contributed by atoms with Crippen LogP contribution in [0.1, 0.15) is 31.7 Å². The fourth-order valence-electron chi connectivity index (χ4n) is 1.76. The van der Waals surface area contributed by atoms with Gasteiger partial charge < -0.3 is 11.1 Å². The number of hydrogen-bond acceptors (Lipinski definition) is 3. The molecule has 1 rings (SSSR count). The average molecular weight is 245 g/mol. The minimum Gasteiger partial charge on any atom is -0.330 e. The lowest BCUT2D eigenvalue weighted by Crippen LogP contribution is -2.23. The molecule has 1 atom stereocenters. The molecular weight excluding hydrogens is 226 g/mol. The number of hydrogen-bond donors (Lipinski definition) is 2. The second-order valence-electron chi connectivity index (χ2n) is 4.21. The van der Waals surface area contributed by atoms with Gasteiger partial charge in [-0.25, -0.2) is 0 Å². The zero-order chi connectivity index (χ0) is 13.4. The normalized spacial score (nSPS) is 11.6. The van der Waals surface area contributed by atoms with Crippen LogP contribution in [0.2, 0.25) is 0 Å². The van der Waals surface area contributed by atoms with Crippen LogP contribution in [0.25, 0.3) is 0 Å². The molecule has 4 heteroatoms. The third-order valence-corrected chi connectivity index (χ3v) is 2.90. The van der Waals surface area contributed by atoms with Crippen LogP contribution in [0.15, 0.2) is 24.3 Å². The van der Waals surface area contributed by atoms with Gasteiger partial charge in [0.2, 0.25) is 5.91 Å². The van der Waals surface area contributed by atoms with E-state index in [0.29, 0.717) is 12.1 Å². The van der Waals surface area contributed by atoms with Crippen LogP contribution < -0.4 is 11.1 Å². The summed E-state index contributed by atoms with van der Waals surface area (Å²) in [7, 11) is 0. The molecule has 1 amide bonds. The number of carbonyl (C=O) groups excluding carboxylic acids is 1. The Labute approximate surface area is 108 Å². The van der Waals surface area contributed by atoms with Gasteiger partial charge in [0.05, 0.1) is 11.6 Å². The Morgan fingerprint density at radius 3 is 2.61 bits per heavy atom. The molecule has 0 saturated carbocycles. The van der Waals surface area contributed by atoms with Gasteiger partial charge in [0.25, 0.3) is 0 Å². The summed E-state index contributed by atoms with van der Waals surface area (Å²) in [5.74, 6) is 0.0276. The number of nitriles is 1. The minimum atomic E-state index is 0.00388. The van der Waals surface area contributed by atoms with E-state index in [0.717, 1.165) is 24.9 Å². The molecule has 0 aliphatic heterocycles. The molecule has 3 N–H and O–H groups in total.